The number of allylic oxidation sites excluding steroid dienone is 2. The third-order valence-electron chi connectivity index (χ3n) is 5.17. The van der Waals surface area contributed by atoms with Gasteiger partial charge in [-0.2, -0.15) is 0 Å². The van der Waals surface area contributed by atoms with Crippen LogP contribution in [-0.4, -0.2) is 39.3 Å². The van der Waals surface area contributed by atoms with E-state index in [0.717, 1.165) is 19.3 Å². The van der Waals surface area contributed by atoms with E-state index in [0.29, 0.717) is 44.9 Å². The maximum atomic E-state index is 12.0. The minimum atomic E-state index is -0.786. The molecule has 0 unspecified atom stereocenters. The summed E-state index contributed by atoms with van der Waals surface area (Å²) in [5.41, 5.74) is 0. The van der Waals surface area contributed by atoms with Crippen molar-refractivity contribution in [2.75, 3.05) is 0 Å². The molecule has 0 saturated heterocycles. The van der Waals surface area contributed by atoms with Crippen LogP contribution in [0.15, 0.2) is 12.2 Å². The van der Waals surface area contributed by atoms with Crippen LogP contribution >= 0.6 is 0 Å². The lowest BCUT2D eigenvalue weighted by molar-refractivity contribution is -0.137. The fraction of sp³-hybridized carbons (Fsp3) is 0.800. The van der Waals surface area contributed by atoms with Crippen molar-refractivity contribution in [3.05, 3.63) is 12.2 Å². The van der Waals surface area contributed by atoms with Gasteiger partial charge in [0.25, 0.3) is 0 Å². The number of carboxylic acids is 1. The molecule has 4 atom stereocenters. The van der Waals surface area contributed by atoms with E-state index in [4.69, 9.17) is 5.11 Å². The Kier molecular flexibility index (Phi) is 10.7. The topological polar surface area (TPSA) is 94.8 Å². The molecule has 0 aromatic carbocycles. The van der Waals surface area contributed by atoms with Gasteiger partial charge in [-0.3, -0.25) is 9.59 Å². The average molecular weight is 354 g/mol. The average Bonchev–Trinajstić information content (AvgIpc) is 2.82. The highest BCUT2D eigenvalue weighted by Crippen LogP contribution is 2.38. The van der Waals surface area contributed by atoms with E-state index in [2.05, 4.69) is 6.92 Å². The second-order valence-corrected chi connectivity index (χ2v) is 7.23. The Morgan fingerprint density at radius 1 is 0.960 bits per heavy atom. The quantitative estimate of drug-likeness (QED) is 0.348. The number of carbonyl (C=O) groups excluding carboxylic acids is 1. The standard InChI is InChI=1S/C20H34O5/c1-2-3-6-9-15(21)12-13-17-16(18(22)14-19(17)23)10-7-4-5-8-11-20(24)25/h4,7,16-19,22-23H,2-3,5-6,8-14H2,1H3,(H,24,25)/b7-4-/t16-,17-,18+,19-/m1/s1. The fourth-order valence-electron chi connectivity index (χ4n) is 3.67. The largest absolute Gasteiger partial charge is 0.481 e. The van der Waals surface area contributed by atoms with Gasteiger partial charge in [0.05, 0.1) is 12.2 Å². The Morgan fingerprint density at radius 3 is 2.36 bits per heavy atom. The summed E-state index contributed by atoms with van der Waals surface area (Å²) in [6.07, 6.45) is 10.2. The van der Waals surface area contributed by atoms with Gasteiger partial charge in [-0.25, -0.2) is 0 Å². The minimum absolute atomic E-state index is 0.0193. The molecule has 0 amide bonds. The van der Waals surface area contributed by atoms with Crippen molar-refractivity contribution in [1.29, 1.82) is 0 Å². The van der Waals surface area contributed by atoms with Crippen molar-refractivity contribution in [1.82, 2.24) is 0 Å². The number of aliphatic hydroxyl groups is 2. The molecule has 1 saturated carbocycles. The number of unbranched alkanes of at least 4 members (excludes halogenated alkanes) is 3. The molecular weight excluding hydrogens is 320 g/mol. The lowest BCUT2D eigenvalue weighted by atomic mass is 9.86. The van der Waals surface area contributed by atoms with Gasteiger partial charge in [0, 0.05) is 19.3 Å². The molecule has 5 heteroatoms. The van der Waals surface area contributed by atoms with E-state index in [-0.39, 0.29) is 24.0 Å². The molecule has 0 aliphatic heterocycles. The van der Waals surface area contributed by atoms with Gasteiger partial charge in [-0.1, -0.05) is 31.9 Å². The zero-order chi connectivity index (χ0) is 18.7. The Morgan fingerprint density at radius 2 is 1.68 bits per heavy atom. The molecule has 5 nitrogen and oxygen atoms in total. The summed E-state index contributed by atoms with van der Waals surface area (Å²) < 4.78 is 0. The van der Waals surface area contributed by atoms with Crippen LogP contribution in [0.25, 0.3) is 0 Å². The first-order chi connectivity index (χ1) is 12.0. The number of ketones is 1. The van der Waals surface area contributed by atoms with Crippen LogP contribution in [0.4, 0.5) is 0 Å². The minimum Gasteiger partial charge on any atom is -0.481 e. The van der Waals surface area contributed by atoms with Crippen LogP contribution < -0.4 is 0 Å². The first kappa shape index (κ1) is 21.8. The molecule has 25 heavy (non-hydrogen) atoms. The Bertz CT molecular complexity index is 432. The molecule has 0 bridgehead atoms. The summed E-state index contributed by atoms with van der Waals surface area (Å²) in [7, 11) is 0. The molecule has 0 aromatic heterocycles. The Hall–Kier alpha value is -1.20. The number of hydrogen-bond acceptors (Lipinski definition) is 4. The first-order valence-corrected chi connectivity index (χ1v) is 9.70. The molecule has 0 radical (unpaired) electrons. The number of hydrogen-bond donors (Lipinski definition) is 3. The Balaban J connectivity index is 2.38. The van der Waals surface area contributed by atoms with Crippen molar-refractivity contribution < 1.29 is 24.9 Å². The molecule has 1 rings (SSSR count). The van der Waals surface area contributed by atoms with Gasteiger partial charge < -0.3 is 15.3 Å². The number of rotatable bonds is 13. The van der Waals surface area contributed by atoms with Gasteiger partial charge in [0.15, 0.2) is 0 Å². The van der Waals surface area contributed by atoms with E-state index in [1.54, 1.807) is 0 Å². The van der Waals surface area contributed by atoms with Gasteiger partial charge in [0.2, 0.25) is 0 Å². The van der Waals surface area contributed by atoms with Crippen molar-refractivity contribution >= 4 is 11.8 Å². The summed E-state index contributed by atoms with van der Waals surface area (Å²) in [4.78, 5) is 22.4. The van der Waals surface area contributed by atoms with Crippen LogP contribution in [-0.2, 0) is 9.59 Å². The van der Waals surface area contributed by atoms with Crippen molar-refractivity contribution in [3.63, 3.8) is 0 Å². The van der Waals surface area contributed by atoms with Crippen molar-refractivity contribution in [2.24, 2.45) is 11.8 Å². The Labute approximate surface area is 151 Å². The number of Topliss-reactive ketones (excluding diaryl/α,β-unsaturated/α-hetero) is 1. The molecule has 1 aliphatic rings. The third kappa shape index (κ3) is 8.63. The van der Waals surface area contributed by atoms with Gasteiger partial charge in [-0.05, 0) is 50.4 Å². The predicted octanol–water partition coefficient (Wildman–Crippen LogP) is 3.48. The highest BCUT2D eigenvalue weighted by molar-refractivity contribution is 5.78. The lowest BCUT2D eigenvalue weighted by Gasteiger charge is -2.22. The SMILES string of the molecule is CCCCCC(=O)CC[C@@H]1[C@@H](C/C=C\CCCC(=O)O)[C@@H](O)C[C@H]1O. The van der Waals surface area contributed by atoms with Crippen LogP contribution in [0.3, 0.4) is 0 Å². The second kappa shape index (κ2) is 12.2. The van der Waals surface area contributed by atoms with E-state index in [1.807, 2.05) is 12.2 Å². The molecule has 0 heterocycles. The normalized spacial score (nSPS) is 26.4. The highest BCUT2D eigenvalue weighted by Gasteiger charge is 2.40. The van der Waals surface area contributed by atoms with Gasteiger partial charge >= 0.3 is 5.97 Å². The van der Waals surface area contributed by atoms with Gasteiger partial charge in [0.1, 0.15) is 5.78 Å². The summed E-state index contributed by atoms with van der Waals surface area (Å²) in [6.45, 7) is 2.11. The molecule has 1 fully saturated rings. The second-order valence-electron chi connectivity index (χ2n) is 7.23. The predicted molar refractivity (Wildman–Crippen MR) is 97.2 cm³/mol. The third-order valence-corrected chi connectivity index (χ3v) is 5.17. The van der Waals surface area contributed by atoms with E-state index in [9.17, 15) is 19.8 Å². The molecule has 144 valence electrons. The monoisotopic (exact) mass is 354 g/mol. The number of aliphatic hydroxyl groups excluding tert-OH is 2. The smallest absolute Gasteiger partial charge is 0.303 e. The number of aliphatic carboxylic acids is 1. The van der Waals surface area contributed by atoms with Crippen molar-refractivity contribution in [2.45, 2.75) is 89.8 Å². The maximum Gasteiger partial charge on any atom is 0.303 e. The lowest BCUT2D eigenvalue weighted by Crippen LogP contribution is -2.22. The summed E-state index contributed by atoms with van der Waals surface area (Å²) in [5.74, 6) is -0.584. The summed E-state index contributed by atoms with van der Waals surface area (Å²) in [5, 5.41) is 29.0. The van der Waals surface area contributed by atoms with E-state index in [1.165, 1.54) is 0 Å². The molecule has 0 spiro atoms. The summed E-state index contributed by atoms with van der Waals surface area (Å²) >= 11 is 0. The molecule has 0 aromatic rings. The summed E-state index contributed by atoms with van der Waals surface area (Å²) in [6, 6.07) is 0. The van der Waals surface area contributed by atoms with Crippen molar-refractivity contribution in [3.8, 4) is 0 Å². The van der Waals surface area contributed by atoms with E-state index >= 15 is 0 Å². The molecular formula is C20H34O5. The molecule has 1 aliphatic carbocycles. The van der Waals surface area contributed by atoms with E-state index < -0.39 is 18.2 Å². The van der Waals surface area contributed by atoms with Crippen LogP contribution in [0.2, 0.25) is 0 Å². The zero-order valence-electron chi connectivity index (χ0n) is 15.4. The molecule has 3 N–H and O–H groups in total. The maximum absolute atomic E-state index is 12.0. The number of carboxylic acid groups (broad SMARTS) is 1. The highest BCUT2D eigenvalue weighted by atomic mass is 16.4. The number of carbonyl (C=O) groups is 2. The van der Waals surface area contributed by atoms with Gasteiger partial charge in [-0.15, -0.1) is 0 Å². The fourth-order valence-corrected chi connectivity index (χ4v) is 3.67. The van der Waals surface area contributed by atoms with Crippen LogP contribution in [0.5, 0.6) is 0 Å². The zero-order valence-corrected chi connectivity index (χ0v) is 15.4. The first-order valence-electron chi connectivity index (χ1n) is 9.70. The van der Waals surface area contributed by atoms with Crippen LogP contribution in [0, 0.1) is 11.8 Å². The van der Waals surface area contributed by atoms with Crippen LogP contribution in [0.1, 0.15) is 77.6 Å².